The van der Waals surface area contributed by atoms with Crippen LogP contribution in [0.3, 0.4) is 0 Å². The number of amides is 3. The monoisotopic (exact) mass is 288 g/mol. The minimum absolute atomic E-state index is 0.171. The van der Waals surface area contributed by atoms with Crippen molar-refractivity contribution in [3.05, 3.63) is 60.1 Å². The van der Waals surface area contributed by atoms with E-state index in [1.165, 1.54) is 0 Å². The van der Waals surface area contributed by atoms with Crippen LogP contribution in [-0.2, 0) is 4.79 Å². The van der Waals surface area contributed by atoms with Gasteiger partial charge >= 0.3 is 6.03 Å². The Morgan fingerprint density at radius 3 is 2.48 bits per heavy atom. The van der Waals surface area contributed by atoms with Gasteiger partial charge in [0.25, 0.3) is 5.91 Å². The second kappa shape index (κ2) is 6.71. The Morgan fingerprint density at radius 2 is 1.90 bits per heavy atom. The van der Waals surface area contributed by atoms with Crippen molar-refractivity contribution in [1.29, 1.82) is 0 Å². The summed E-state index contributed by atoms with van der Waals surface area (Å²) in [6, 6.07) is 11.8. The van der Waals surface area contributed by atoms with Crippen molar-refractivity contribution in [2.75, 3.05) is 0 Å². The summed E-state index contributed by atoms with van der Waals surface area (Å²) in [5.41, 5.74) is 5.97. The molecule has 5 N–H and O–H groups in total. The number of quaternary nitrogens is 1. The third-order valence-corrected chi connectivity index (χ3v) is 3.15. The Bertz CT molecular complexity index is 596. The van der Waals surface area contributed by atoms with Crippen molar-refractivity contribution in [3.8, 4) is 0 Å². The third-order valence-electron chi connectivity index (χ3n) is 3.15. The van der Waals surface area contributed by atoms with Gasteiger partial charge in [-0.15, -0.1) is 0 Å². The molecule has 6 nitrogen and oxygen atoms in total. The van der Waals surface area contributed by atoms with Crippen LogP contribution >= 0.6 is 0 Å². The average Bonchev–Trinajstić information content (AvgIpc) is 2.98. The lowest BCUT2D eigenvalue weighted by Crippen LogP contribution is -2.93. The summed E-state index contributed by atoms with van der Waals surface area (Å²) in [7, 11) is 0. The summed E-state index contributed by atoms with van der Waals surface area (Å²) in [5.74, 6) is 0.301. The molecule has 0 aliphatic carbocycles. The van der Waals surface area contributed by atoms with Gasteiger partial charge in [0, 0.05) is 5.56 Å². The average molecular weight is 288 g/mol. The molecule has 2 atom stereocenters. The smallest absolute Gasteiger partial charge is 0.319 e. The summed E-state index contributed by atoms with van der Waals surface area (Å²) < 4.78 is 5.46. The largest absolute Gasteiger partial charge is 0.463 e. The van der Waals surface area contributed by atoms with Crippen molar-refractivity contribution < 1.29 is 19.3 Å². The molecule has 0 unspecified atom stereocenters. The molecule has 110 valence electrons. The van der Waals surface area contributed by atoms with Crippen LogP contribution < -0.4 is 16.4 Å². The van der Waals surface area contributed by atoms with Crippen molar-refractivity contribution in [3.63, 3.8) is 0 Å². The lowest BCUT2D eigenvalue weighted by molar-refractivity contribution is -0.706. The zero-order valence-corrected chi connectivity index (χ0v) is 11.7. The summed E-state index contributed by atoms with van der Waals surface area (Å²) in [5, 5.41) is 3.91. The molecule has 21 heavy (non-hydrogen) atoms. The Kier molecular flexibility index (Phi) is 4.73. The molecule has 1 heterocycles. The van der Waals surface area contributed by atoms with Crippen molar-refractivity contribution >= 4 is 11.9 Å². The summed E-state index contributed by atoms with van der Waals surface area (Å²) in [6.07, 6.45) is 1.59. The molecule has 0 spiro atoms. The highest BCUT2D eigenvalue weighted by Crippen LogP contribution is 2.18. The zero-order chi connectivity index (χ0) is 15.2. The first kappa shape index (κ1) is 14.8. The van der Waals surface area contributed by atoms with Crippen molar-refractivity contribution in [2.24, 2.45) is 5.73 Å². The van der Waals surface area contributed by atoms with Gasteiger partial charge in [-0.3, -0.25) is 10.1 Å². The van der Waals surface area contributed by atoms with Crippen LogP contribution in [0.1, 0.15) is 24.3 Å². The van der Waals surface area contributed by atoms with E-state index in [0.29, 0.717) is 0 Å². The minimum atomic E-state index is -0.852. The maximum Gasteiger partial charge on any atom is 0.319 e. The molecule has 6 heteroatoms. The molecule has 0 fully saturated rings. The van der Waals surface area contributed by atoms with Gasteiger partial charge in [0.05, 0.1) is 6.26 Å². The van der Waals surface area contributed by atoms with E-state index in [-0.39, 0.29) is 6.04 Å². The number of rotatable bonds is 5. The number of carbonyl (C=O) groups is 2. The van der Waals surface area contributed by atoms with E-state index in [4.69, 9.17) is 10.2 Å². The molecule has 3 amide bonds. The van der Waals surface area contributed by atoms with Crippen molar-refractivity contribution in [1.82, 2.24) is 5.32 Å². The van der Waals surface area contributed by atoms with Crippen molar-refractivity contribution in [2.45, 2.75) is 19.0 Å². The number of primary amides is 1. The van der Waals surface area contributed by atoms with Gasteiger partial charge < -0.3 is 15.5 Å². The summed E-state index contributed by atoms with van der Waals surface area (Å²) in [6.45, 7) is 1.71. The maximum absolute atomic E-state index is 11.8. The third kappa shape index (κ3) is 3.93. The van der Waals surface area contributed by atoms with Crippen LogP contribution in [0.2, 0.25) is 0 Å². The fourth-order valence-electron chi connectivity index (χ4n) is 2.11. The first-order valence-corrected chi connectivity index (χ1v) is 6.61. The van der Waals surface area contributed by atoms with E-state index in [0.717, 1.165) is 11.3 Å². The molecule has 0 radical (unpaired) electrons. The highest BCUT2D eigenvalue weighted by Gasteiger charge is 2.27. The van der Waals surface area contributed by atoms with E-state index in [1.807, 2.05) is 41.7 Å². The second-order valence-corrected chi connectivity index (χ2v) is 4.74. The van der Waals surface area contributed by atoms with Crippen LogP contribution in [0.15, 0.2) is 53.1 Å². The van der Waals surface area contributed by atoms with Crippen LogP contribution in [0.25, 0.3) is 0 Å². The van der Waals surface area contributed by atoms with Crippen LogP contribution in [0.5, 0.6) is 0 Å². The molecule has 0 saturated carbocycles. The van der Waals surface area contributed by atoms with Gasteiger partial charge in [-0.1, -0.05) is 30.3 Å². The van der Waals surface area contributed by atoms with E-state index >= 15 is 0 Å². The number of imide groups is 1. The number of nitrogens with one attached hydrogen (secondary N) is 1. The van der Waals surface area contributed by atoms with Crippen LogP contribution in [-0.4, -0.2) is 18.0 Å². The van der Waals surface area contributed by atoms with Gasteiger partial charge in [0.15, 0.2) is 17.8 Å². The highest BCUT2D eigenvalue weighted by atomic mass is 16.3. The van der Waals surface area contributed by atoms with Crippen LogP contribution in [0.4, 0.5) is 4.79 Å². The first-order valence-electron chi connectivity index (χ1n) is 6.61. The van der Waals surface area contributed by atoms with Gasteiger partial charge in [-0.2, -0.15) is 0 Å². The van der Waals surface area contributed by atoms with Gasteiger partial charge in [-0.05, 0) is 19.1 Å². The molecule has 1 aromatic carbocycles. The number of urea groups is 1. The first-order chi connectivity index (χ1) is 10.1. The number of carbonyl (C=O) groups excluding carboxylic acids is 2. The fourth-order valence-corrected chi connectivity index (χ4v) is 2.11. The van der Waals surface area contributed by atoms with E-state index < -0.39 is 18.0 Å². The predicted molar refractivity (Wildman–Crippen MR) is 76.1 cm³/mol. The van der Waals surface area contributed by atoms with Gasteiger partial charge in [-0.25, -0.2) is 4.79 Å². The van der Waals surface area contributed by atoms with E-state index in [9.17, 15) is 9.59 Å². The fraction of sp³-hybridized carbons (Fsp3) is 0.200. The van der Waals surface area contributed by atoms with E-state index in [2.05, 4.69) is 5.32 Å². The Morgan fingerprint density at radius 1 is 1.19 bits per heavy atom. The topological polar surface area (TPSA) is 102 Å². The molecule has 0 aliphatic heterocycles. The maximum atomic E-state index is 11.8. The molecule has 0 bridgehead atoms. The molecule has 1 aromatic heterocycles. The van der Waals surface area contributed by atoms with Gasteiger partial charge in [0.1, 0.15) is 0 Å². The quantitative estimate of drug-likeness (QED) is 0.747. The number of hydrogen-bond acceptors (Lipinski definition) is 3. The predicted octanol–water partition coefficient (Wildman–Crippen LogP) is 0.516. The lowest BCUT2D eigenvalue weighted by Gasteiger charge is -2.18. The molecule has 2 aromatic rings. The molecule has 0 saturated heterocycles. The lowest BCUT2D eigenvalue weighted by atomic mass is 10.0. The summed E-state index contributed by atoms with van der Waals surface area (Å²) >= 11 is 0. The molecule has 0 aliphatic rings. The Labute approximate surface area is 122 Å². The number of nitrogens with two attached hydrogens (primary N) is 2. The Balaban J connectivity index is 2.18. The Hall–Kier alpha value is -2.60. The normalized spacial score (nSPS) is 13.4. The number of benzene rings is 1. The second-order valence-electron chi connectivity index (χ2n) is 4.74. The summed E-state index contributed by atoms with van der Waals surface area (Å²) in [4.78, 5) is 22.6. The van der Waals surface area contributed by atoms with Crippen LogP contribution in [0, 0.1) is 0 Å². The number of furan rings is 1. The number of hydrogen-bond donors (Lipinski definition) is 3. The molecular weight excluding hydrogens is 270 g/mol. The zero-order valence-electron chi connectivity index (χ0n) is 11.7. The minimum Gasteiger partial charge on any atom is -0.463 e. The standard InChI is InChI=1S/C15H17N3O3/c1-10(14(19)18-15(16)20)17-13(12-8-5-9-21-12)11-6-3-2-4-7-11/h2-10,13,17H,1H3,(H3,16,18,19,20)/p+1/t10-,13-/m0/s1. The van der Waals surface area contributed by atoms with Gasteiger partial charge in [0.2, 0.25) is 0 Å². The SMILES string of the molecule is C[C@H]([NH2+][C@@H](c1ccccc1)c1ccco1)C(=O)NC(N)=O. The van der Waals surface area contributed by atoms with E-state index in [1.54, 1.807) is 19.3 Å². The highest BCUT2D eigenvalue weighted by molar-refractivity contribution is 5.95. The molecular formula is C15H18N3O3+. The molecule has 2 rings (SSSR count).